The zero-order chi connectivity index (χ0) is 10.1. The summed E-state index contributed by atoms with van der Waals surface area (Å²) in [6.07, 6.45) is 0. The molecule has 0 fully saturated rings. The number of ether oxygens (including phenoxy) is 1. The van der Waals surface area contributed by atoms with E-state index in [0.29, 0.717) is 11.6 Å². The monoisotopic (exact) mass is 182 g/mol. The van der Waals surface area contributed by atoms with Gasteiger partial charge < -0.3 is 10.5 Å². The van der Waals surface area contributed by atoms with Gasteiger partial charge in [0.15, 0.2) is 0 Å². The number of H-pyrrole nitrogens is 1. The highest BCUT2D eigenvalue weighted by atomic mass is 16.5. The van der Waals surface area contributed by atoms with Crippen molar-refractivity contribution in [2.75, 3.05) is 5.73 Å². The molecule has 0 atom stereocenters. The Morgan fingerprint density at radius 3 is 2.54 bits per heavy atom. The van der Waals surface area contributed by atoms with E-state index in [2.05, 4.69) is 4.98 Å². The Hall–Kier alpha value is -1.45. The van der Waals surface area contributed by atoms with Crippen LogP contribution in [0.1, 0.15) is 20.8 Å². The van der Waals surface area contributed by atoms with Gasteiger partial charge in [-0.15, -0.1) is 0 Å². The number of anilines is 1. The Bertz CT molecular complexity index is 349. The van der Waals surface area contributed by atoms with Crippen molar-refractivity contribution in [1.29, 1.82) is 0 Å². The van der Waals surface area contributed by atoms with Crippen LogP contribution in [0.5, 0.6) is 5.88 Å². The summed E-state index contributed by atoms with van der Waals surface area (Å²) in [5, 5.41) is 0. The van der Waals surface area contributed by atoms with Gasteiger partial charge >= 0.3 is 0 Å². The van der Waals surface area contributed by atoms with Gasteiger partial charge in [0.05, 0.1) is 5.69 Å². The van der Waals surface area contributed by atoms with Crippen LogP contribution in [0.2, 0.25) is 0 Å². The molecule has 13 heavy (non-hydrogen) atoms. The van der Waals surface area contributed by atoms with Gasteiger partial charge in [0.1, 0.15) is 5.60 Å². The molecule has 0 saturated carbocycles. The molecule has 72 valence electrons. The van der Waals surface area contributed by atoms with Crippen LogP contribution in [0.15, 0.2) is 16.9 Å². The van der Waals surface area contributed by atoms with Gasteiger partial charge in [0, 0.05) is 6.07 Å². The summed E-state index contributed by atoms with van der Waals surface area (Å²) in [4.78, 5) is 13.5. The molecule has 0 aromatic carbocycles. The second-order valence-corrected chi connectivity index (χ2v) is 3.82. The summed E-state index contributed by atoms with van der Waals surface area (Å²) in [7, 11) is 0. The second kappa shape index (κ2) is 3.12. The van der Waals surface area contributed by atoms with Crippen LogP contribution in [0, 0.1) is 0 Å². The molecule has 4 heteroatoms. The minimum Gasteiger partial charge on any atom is -0.472 e. The van der Waals surface area contributed by atoms with Crippen molar-refractivity contribution < 1.29 is 4.74 Å². The van der Waals surface area contributed by atoms with Gasteiger partial charge in [-0.05, 0) is 26.8 Å². The fraction of sp³-hybridized carbons (Fsp3) is 0.444. The predicted molar refractivity (Wildman–Crippen MR) is 51.9 cm³/mol. The fourth-order valence-electron chi connectivity index (χ4n) is 0.858. The van der Waals surface area contributed by atoms with E-state index in [4.69, 9.17) is 10.5 Å². The van der Waals surface area contributed by atoms with Crippen LogP contribution in [0.4, 0.5) is 5.69 Å². The summed E-state index contributed by atoms with van der Waals surface area (Å²) >= 11 is 0. The minimum absolute atomic E-state index is 0.214. The van der Waals surface area contributed by atoms with Gasteiger partial charge in [-0.25, -0.2) is 0 Å². The molecule has 0 aliphatic carbocycles. The van der Waals surface area contributed by atoms with Crippen molar-refractivity contribution in [2.45, 2.75) is 26.4 Å². The third-order valence-electron chi connectivity index (χ3n) is 1.32. The molecular formula is C9H14N2O2. The quantitative estimate of drug-likeness (QED) is 0.684. The highest BCUT2D eigenvalue weighted by Gasteiger charge is 2.13. The lowest BCUT2D eigenvalue weighted by molar-refractivity contribution is 0.125. The maximum atomic E-state index is 10.9. The molecule has 3 N–H and O–H groups in total. The van der Waals surface area contributed by atoms with Crippen LogP contribution in [-0.4, -0.2) is 10.6 Å². The first kappa shape index (κ1) is 9.64. The molecule has 0 spiro atoms. The first-order chi connectivity index (χ1) is 5.88. The number of aromatic nitrogens is 1. The van der Waals surface area contributed by atoms with Gasteiger partial charge in [-0.1, -0.05) is 0 Å². The van der Waals surface area contributed by atoms with E-state index in [1.165, 1.54) is 12.1 Å². The second-order valence-electron chi connectivity index (χ2n) is 3.82. The minimum atomic E-state index is -0.363. The van der Waals surface area contributed by atoms with E-state index in [0.717, 1.165) is 0 Å². The van der Waals surface area contributed by atoms with E-state index in [1.807, 2.05) is 20.8 Å². The number of pyridine rings is 1. The summed E-state index contributed by atoms with van der Waals surface area (Å²) in [5.41, 5.74) is 5.46. The number of hydrogen-bond donors (Lipinski definition) is 2. The van der Waals surface area contributed by atoms with E-state index in [9.17, 15) is 4.79 Å². The lowest BCUT2D eigenvalue weighted by atomic mass is 10.2. The van der Waals surface area contributed by atoms with Crippen molar-refractivity contribution >= 4 is 5.69 Å². The highest BCUT2D eigenvalue weighted by molar-refractivity contribution is 5.47. The number of aromatic amines is 1. The number of rotatable bonds is 1. The topological polar surface area (TPSA) is 68.1 Å². The van der Waals surface area contributed by atoms with Crippen LogP contribution in [0.25, 0.3) is 0 Å². The first-order valence-corrected chi connectivity index (χ1v) is 4.06. The Morgan fingerprint density at radius 2 is 2.00 bits per heavy atom. The summed E-state index contributed by atoms with van der Waals surface area (Å²) in [6, 6.07) is 2.89. The SMILES string of the molecule is CC(C)(C)Oc1[nH]c(=O)ccc1N. The molecule has 1 aromatic rings. The average Bonchev–Trinajstić information content (AvgIpc) is 1.94. The zero-order valence-electron chi connectivity index (χ0n) is 8.05. The zero-order valence-corrected chi connectivity index (χ0v) is 8.05. The molecule has 0 saturated heterocycles. The van der Waals surface area contributed by atoms with Crippen LogP contribution >= 0.6 is 0 Å². The maximum absolute atomic E-state index is 10.9. The highest BCUT2D eigenvalue weighted by Crippen LogP contribution is 2.19. The molecule has 0 aliphatic rings. The molecule has 1 aromatic heterocycles. The van der Waals surface area contributed by atoms with Crippen LogP contribution in [0.3, 0.4) is 0 Å². The average molecular weight is 182 g/mol. The van der Waals surface area contributed by atoms with E-state index >= 15 is 0 Å². The predicted octanol–water partition coefficient (Wildman–Crippen LogP) is 1.13. The van der Waals surface area contributed by atoms with Crippen molar-refractivity contribution in [3.63, 3.8) is 0 Å². The molecule has 0 aliphatic heterocycles. The third-order valence-corrected chi connectivity index (χ3v) is 1.32. The largest absolute Gasteiger partial charge is 0.472 e. The van der Waals surface area contributed by atoms with Gasteiger partial charge in [-0.2, -0.15) is 0 Å². The van der Waals surface area contributed by atoms with E-state index < -0.39 is 0 Å². The summed E-state index contributed by atoms with van der Waals surface area (Å²) in [6.45, 7) is 5.66. The summed E-state index contributed by atoms with van der Waals surface area (Å²) in [5.74, 6) is 0.333. The number of hydrogen-bond acceptors (Lipinski definition) is 3. The molecule has 0 amide bonds. The van der Waals surface area contributed by atoms with Gasteiger partial charge in [-0.3, -0.25) is 9.78 Å². The molecule has 1 heterocycles. The van der Waals surface area contributed by atoms with Crippen molar-refractivity contribution in [2.24, 2.45) is 0 Å². The molecule has 0 unspecified atom stereocenters. The summed E-state index contributed by atoms with van der Waals surface area (Å²) < 4.78 is 5.43. The van der Waals surface area contributed by atoms with Crippen molar-refractivity contribution in [3.8, 4) is 5.88 Å². The van der Waals surface area contributed by atoms with Gasteiger partial charge in [0.2, 0.25) is 5.88 Å². The lowest BCUT2D eigenvalue weighted by Gasteiger charge is -2.21. The Balaban J connectivity index is 3.01. The molecule has 0 radical (unpaired) electrons. The first-order valence-electron chi connectivity index (χ1n) is 4.06. The van der Waals surface area contributed by atoms with Crippen LogP contribution in [-0.2, 0) is 0 Å². The Labute approximate surface area is 76.7 Å². The number of nitrogen functional groups attached to an aromatic ring is 1. The lowest BCUT2D eigenvalue weighted by Crippen LogP contribution is -2.25. The molecule has 4 nitrogen and oxygen atoms in total. The normalized spacial score (nSPS) is 11.3. The van der Waals surface area contributed by atoms with E-state index in [-0.39, 0.29) is 11.2 Å². The number of nitrogens with two attached hydrogens (primary N) is 1. The Morgan fingerprint density at radius 1 is 1.38 bits per heavy atom. The van der Waals surface area contributed by atoms with E-state index in [1.54, 1.807) is 0 Å². The smallest absolute Gasteiger partial charge is 0.250 e. The Kier molecular flexibility index (Phi) is 2.32. The van der Waals surface area contributed by atoms with Crippen molar-refractivity contribution in [3.05, 3.63) is 22.5 Å². The fourth-order valence-corrected chi connectivity index (χ4v) is 0.858. The third kappa shape index (κ3) is 2.82. The standard InChI is InChI=1S/C9H14N2O2/c1-9(2,3)13-8-6(10)4-5-7(12)11-8/h4-5H,10H2,1-3H3,(H,11,12). The molecule has 0 bridgehead atoms. The van der Waals surface area contributed by atoms with Crippen molar-refractivity contribution in [1.82, 2.24) is 4.98 Å². The molecular weight excluding hydrogens is 168 g/mol. The number of nitrogens with one attached hydrogen (secondary N) is 1. The van der Waals surface area contributed by atoms with Gasteiger partial charge in [0.25, 0.3) is 5.56 Å². The maximum Gasteiger partial charge on any atom is 0.250 e. The molecule has 1 rings (SSSR count). The van der Waals surface area contributed by atoms with Crippen LogP contribution < -0.4 is 16.0 Å².